The van der Waals surface area contributed by atoms with Gasteiger partial charge in [0.1, 0.15) is 0 Å². The van der Waals surface area contributed by atoms with Crippen molar-refractivity contribution >= 4 is 0 Å². The Bertz CT molecular complexity index is 363. The van der Waals surface area contributed by atoms with Crippen LogP contribution in [0.15, 0.2) is 47.7 Å². The van der Waals surface area contributed by atoms with Gasteiger partial charge in [-0.3, -0.25) is 0 Å². The van der Waals surface area contributed by atoms with E-state index in [1.54, 1.807) is 0 Å². The Labute approximate surface area is 117 Å². The third-order valence-corrected chi connectivity index (χ3v) is 3.24. The summed E-state index contributed by atoms with van der Waals surface area (Å²) < 4.78 is 0. The van der Waals surface area contributed by atoms with Crippen molar-refractivity contribution in [2.75, 3.05) is 6.54 Å². The van der Waals surface area contributed by atoms with Gasteiger partial charge in [-0.05, 0) is 37.8 Å². The molecule has 0 saturated heterocycles. The Balaban J connectivity index is 2.34. The summed E-state index contributed by atoms with van der Waals surface area (Å²) in [7, 11) is 0. The highest BCUT2D eigenvalue weighted by molar-refractivity contribution is 5.27. The van der Waals surface area contributed by atoms with Crippen molar-refractivity contribution < 1.29 is 5.11 Å². The van der Waals surface area contributed by atoms with Gasteiger partial charge in [0.05, 0.1) is 6.10 Å². The minimum atomic E-state index is -0.421. The molecule has 0 bridgehead atoms. The van der Waals surface area contributed by atoms with E-state index in [0.29, 0.717) is 6.54 Å². The SMILES string of the molecule is C/C=C(\C=C/CCCC)NCC(O)C1=CCCC=C1. The molecular formula is C17H27NO. The second-order valence-electron chi connectivity index (χ2n) is 4.87. The molecule has 106 valence electrons. The average Bonchev–Trinajstić information content (AvgIpc) is 2.47. The minimum Gasteiger partial charge on any atom is -0.387 e. The number of nitrogens with one attached hydrogen (secondary N) is 1. The molecule has 0 aromatic carbocycles. The molecule has 1 unspecified atom stereocenters. The van der Waals surface area contributed by atoms with Crippen LogP contribution in [0.25, 0.3) is 0 Å². The van der Waals surface area contributed by atoms with Gasteiger partial charge in [0.25, 0.3) is 0 Å². The molecule has 0 spiro atoms. The molecule has 1 aliphatic carbocycles. The van der Waals surface area contributed by atoms with Crippen LogP contribution in [0.2, 0.25) is 0 Å². The Morgan fingerprint density at radius 2 is 2.32 bits per heavy atom. The molecule has 1 rings (SSSR count). The fourth-order valence-electron chi connectivity index (χ4n) is 2.00. The van der Waals surface area contributed by atoms with E-state index in [1.807, 2.05) is 19.1 Å². The van der Waals surface area contributed by atoms with Crippen molar-refractivity contribution in [1.82, 2.24) is 5.32 Å². The van der Waals surface area contributed by atoms with Crippen LogP contribution in [0.3, 0.4) is 0 Å². The molecule has 0 amide bonds. The van der Waals surface area contributed by atoms with Gasteiger partial charge in [0.15, 0.2) is 0 Å². The Morgan fingerprint density at radius 3 is 2.95 bits per heavy atom. The molecule has 0 saturated carbocycles. The maximum Gasteiger partial charge on any atom is 0.0959 e. The van der Waals surface area contributed by atoms with Crippen molar-refractivity contribution in [2.24, 2.45) is 0 Å². The molecule has 2 heteroatoms. The molecule has 2 nitrogen and oxygen atoms in total. The Hall–Kier alpha value is -1.28. The highest BCUT2D eigenvalue weighted by Gasteiger charge is 2.09. The standard InChI is InChI=1S/C17H27NO/c1-3-5-6-10-13-16(4-2)18-14-17(19)15-11-8-7-9-12-15/h4,8,10-13,17-19H,3,5-7,9,14H2,1-2H3/b13-10-,16-4+. The Kier molecular flexibility index (Phi) is 7.99. The predicted octanol–water partition coefficient (Wildman–Crippen LogP) is 3.86. The largest absolute Gasteiger partial charge is 0.387 e. The van der Waals surface area contributed by atoms with Crippen molar-refractivity contribution in [3.63, 3.8) is 0 Å². The quantitative estimate of drug-likeness (QED) is 0.513. The number of hydrogen-bond acceptors (Lipinski definition) is 2. The van der Waals surface area contributed by atoms with Gasteiger partial charge in [-0.2, -0.15) is 0 Å². The van der Waals surface area contributed by atoms with E-state index in [2.05, 4.69) is 36.5 Å². The van der Waals surface area contributed by atoms with Gasteiger partial charge in [-0.1, -0.05) is 50.1 Å². The molecule has 1 aliphatic rings. The van der Waals surface area contributed by atoms with Crippen LogP contribution in [0.4, 0.5) is 0 Å². The zero-order valence-corrected chi connectivity index (χ0v) is 12.2. The lowest BCUT2D eigenvalue weighted by atomic mass is 10.0. The summed E-state index contributed by atoms with van der Waals surface area (Å²) in [4.78, 5) is 0. The zero-order chi connectivity index (χ0) is 13.9. The highest BCUT2D eigenvalue weighted by atomic mass is 16.3. The van der Waals surface area contributed by atoms with E-state index < -0.39 is 6.10 Å². The fourth-order valence-corrected chi connectivity index (χ4v) is 2.00. The third kappa shape index (κ3) is 6.44. The van der Waals surface area contributed by atoms with Crippen LogP contribution in [0, 0.1) is 0 Å². The lowest BCUT2D eigenvalue weighted by Gasteiger charge is -2.16. The second kappa shape index (κ2) is 9.62. The molecule has 0 fully saturated rings. The number of aliphatic hydroxyl groups excluding tert-OH is 1. The van der Waals surface area contributed by atoms with E-state index in [0.717, 1.165) is 30.5 Å². The fraction of sp³-hybridized carbons (Fsp3) is 0.529. The van der Waals surface area contributed by atoms with E-state index >= 15 is 0 Å². The van der Waals surface area contributed by atoms with Gasteiger partial charge in [0.2, 0.25) is 0 Å². The smallest absolute Gasteiger partial charge is 0.0959 e. The normalized spacial score (nSPS) is 17.6. The van der Waals surface area contributed by atoms with E-state index in [9.17, 15) is 5.11 Å². The van der Waals surface area contributed by atoms with Gasteiger partial charge >= 0.3 is 0 Å². The molecule has 0 aliphatic heterocycles. The first-order valence-electron chi connectivity index (χ1n) is 7.39. The summed E-state index contributed by atoms with van der Waals surface area (Å²) in [5.41, 5.74) is 2.11. The first kappa shape index (κ1) is 15.8. The molecule has 1 atom stereocenters. The summed E-state index contributed by atoms with van der Waals surface area (Å²) in [5.74, 6) is 0. The number of unbranched alkanes of at least 4 members (excludes halogenated alkanes) is 2. The summed E-state index contributed by atoms with van der Waals surface area (Å²) in [6.07, 6.45) is 17.9. The van der Waals surface area contributed by atoms with E-state index in [-0.39, 0.29) is 0 Å². The second-order valence-corrected chi connectivity index (χ2v) is 4.87. The summed E-state index contributed by atoms with van der Waals surface area (Å²) in [6, 6.07) is 0. The average molecular weight is 261 g/mol. The first-order chi connectivity index (χ1) is 9.27. The van der Waals surface area contributed by atoms with Crippen molar-refractivity contribution in [3.05, 3.63) is 47.7 Å². The van der Waals surface area contributed by atoms with Crippen LogP contribution in [-0.4, -0.2) is 17.8 Å². The number of rotatable bonds is 8. The summed E-state index contributed by atoms with van der Waals surface area (Å²) in [5, 5.41) is 13.4. The zero-order valence-electron chi connectivity index (χ0n) is 12.2. The first-order valence-corrected chi connectivity index (χ1v) is 7.39. The van der Waals surface area contributed by atoms with E-state index in [1.165, 1.54) is 12.8 Å². The van der Waals surface area contributed by atoms with Crippen LogP contribution in [0.1, 0.15) is 46.0 Å². The maximum atomic E-state index is 10.1. The van der Waals surface area contributed by atoms with Crippen molar-refractivity contribution in [1.29, 1.82) is 0 Å². The van der Waals surface area contributed by atoms with Gasteiger partial charge in [-0.15, -0.1) is 0 Å². The molecular weight excluding hydrogens is 234 g/mol. The summed E-state index contributed by atoms with van der Waals surface area (Å²) in [6.45, 7) is 4.77. The van der Waals surface area contributed by atoms with Crippen LogP contribution >= 0.6 is 0 Å². The lowest BCUT2D eigenvalue weighted by molar-refractivity contribution is 0.214. The monoisotopic (exact) mass is 261 g/mol. The molecule has 0 aromatic heterocycles. The van der Waals surface area contributed by atoms with E-state index in [4.69, 9.17) is 0 Å². The molecule has 2 N–H and O–H groups in total. The topological polar surface area (TPSA) is 32.3 Å². The van der Waals surface area contributed by atoms with Crippen LogP contribution < -0.4 is 5.32 Å². The predicted molar refractivity (Wildman–Crippen MR) is 82.9 cm³/mol. The third-order valence-electron chi connectivity index (χ3n) is 3.24. The van der Waals surface area contributed by atoms with Crippen LogP contribution in [-0.2, 0) is 0 Å². The number of aliphatic hydroxyl groups is 1. The molecule has 19 heavy (non-hydrogen) atoms. The minimum absolute atomic E-state index is 0.421. The number of allylic oxidation sites excluding steroid dienone is 5. The highest BCUT2D eigenvalue weighted by Crippen LogP contribution is 2.13. The van der Waals surface area contributed by atoms with Crippen molar-refractivity contribution in [3.8, 4) is 0 Å². The molecule has 0 aromatic rings. The van der Waals surface area contributed by atoms with Gasteiger partial charge in [0, 0.05) is 12.2 Å². The summed E-state index contributed by atoms with van der Waals surface area (Å²) >= 11 is 0. The van der Waals surface area contributed by atoms with Gasteiger partial charge in [-0.25, -0.2) is 0 Å². The van der Waals surface area contributed by atoms with Crippen LogP contribution in [0.5, 0.6) is 0 Å². The maximum absolute atomic E-state index is 10.1. The number of hydrogen-bond donors (Lipinski definition) is 2. The lowest BCUT2D eigenvalue weighted by Crippen LogP contribution is -2.27. The van der Waals surface area contributed by atoms with Gasteiger partial charge < -0.3 is 10.4 Å². The molecule has 0 heterocycles. The van der Waals surface area contributed by atoms with Crippen molar-refractivity contribution in [2.45, 2.75) is 52.1 Å². The molecule has 0 radical (unpaired) electrons. The Morgan fingerprint density at radius 1 is 1.47 bits per heavy atom.